The molecule has 24 heavy (non-hydrogen) atoms. The van der Waals surface area contributed by atoms with Gasteiger partial charge < -0.3 is 9.32 Å². The molecule has 0 unspecified atom stereocenters. The minimum absolute atomic E-state index is 0.0794. The highest BCUT2D eigenvalue weighted by molar-refractivity contribution is 7.89. The van der Waals surface area contributed by atoms with Crippen LogP contribution < -0.4 is 9.62 Å². The van der Waals surface area contributed by atoms with Crippen LogP contribution in [-0.2, 0) is 21.2 Å². The van der Waals surface area contributed by atoms with Crippen molar-refractivity contribution in [2.24, 2.45) is 0 Å². The molecule has 1 aliphatic rings. The summed E-state index contributed by atoms with van der Waals surface area (Å²) in [5.74, 6) is 0.809. The number of nitrogens with zero attached hydrogens (tertiary/aromatic N) is 1. The van der Waals surface area contributed by atoms with E-state index in [0.29, 0.717) is 19.4 Å². The smallest absolute Gasteiger partial charge is 0.240 e. The van der Waals surface area contributed by atoms with Crippen LogP contribution in [0, 0.1) is 0 Å². The van der Waals surface area contributed by atoms with Gasteiger partial charge in [-0.15, -0.1) is 0 Å². The van der Waals surface area contributed by atoms with Crippen LogP contribution in [0.1, 0.15) is 25.5 Å². The summed E-state index contributed by atoms with van der Waals surface area (Å²) >= 11 is 0. The van der Waals surface area contributed by atoms with Gasteiger partial charge in [-0.05, 0) is 49.7 Å². The molecular weight excluding hydrogens is 328 g/mol. The van der Waals surface area contributed by atoms with Gasteiger partial charge in [-0.2, -0.15) is 0 Å². The van der Waals surface area contributed by atoms with Gasteiger partial charge in [-0.1, -0.05) is 0 Å². The molecule has 0 spiro atoms. The Kier molecular flexibility index (Phi) is 4.73. The first-order chi connectivity index (χ1) is 11.5. The zero-order valence-electron chi connectivity index (χ0n) is 13.4. The van der Waals surface area contributed by atoms with Crippen molar-refractivity contribution in [3.63, 3.8) is 0 Å². The SMILES string of the molecule is C[C@@H](Cc1ccco1)NS(=O)(=O)c1ccc(N2CCCC2=O)cc1. The molecule has 2 heterocycles. The Morgan fingerprint density at radius 3 is 2.58 bits per heavy atom. The number of sulfonamides is 1. The lowest BCUT2D eigenvalue weighted by Crippen LogP contribution is -2.34. The van der Waals surface area contributed by atoms with Crippen LogP contribution in [0.25, 0.3) is 0 Å². The molecule has 7 heteroatoms. The normalized spacial score (nSPS) is 16.5. The van der Waals surface area contributed by atoms with E-state index in [1.54, 1.807) is 36.3 Å². The van der Waals surface area contributed by atoms with E-state index in [1.807, 2.05) is 6.07 Å². The van der Waals surface area contributed by atoms with E-state index in [4.69, 9.17) is 4.42 Å². The van der Waals surface area contributed by atoms with Crippen LogP contribution in [0.4, 0.5) is 5.69 Å². The molecule has 6 nitrogen and oxygen atoms in total. The molecule has 1 aromatic carbocycles. The Bertz CT molecular complexity index is 798. The van der Waals surface area contributed by atoms with Crippen molar-refractivity contribution in [3.8, 4) is 0 Å². The molecule has 3 rings (SSSR count). The Morgan fingerprint density at radius 1 is 1.25 bits per heavy atom. The predicted molar refractivity (Wildman–Crippen MR) is 90.2 cm³/mol. The third-order valence-electron chi connectivity index (χ3n) is 3.98. The molecule has 1 N–H and O–H groups in total. The molecule has 1 saturated heterocycles. The molecule has 1 atom stereocenters. The second-order valence-electron chi connectivity index (χ2n) is 5.95. The molecule has 2 aromatic rings. The van der Waals surface area contributed by atoms with Crippen molar-refractivity contribution in [2.75, 3.05) is 11.4 Å². The van der Waals surface area contributed by atoms with Crippen LogP contribution in [-0.4, -0.2) is 26.9 Å². The van der Waals surface area contributed by atoms with Crippen molar-refractivity contribution < 1.29 is 17.6 Å². The largest absolute Gasteiger partial charge is 0.469 e. The van der Waals surface area contributed by atoms with Crippen LogP contribution in [0.3, 0.4) is 0 Å². The van der Waals surface area contributed by atoms with E-state index < -0.39 is 10.0 Å². The Balaban J connectivity index is 1.69. The van der Waals surface area contributed by atoms with Crippen molar-refractivity contribution in [1.82, 2.24) is 4.72 Å². The topological polar surface area (TPSA) is 79.6 Å². The third kappa shape index (κ3) is 3.68. The van der Waals surface area contributed by atoms with Gasteiger partial charge in [0.25, 0.3) is 0 Å². The first-order valence-electron chi connectivity index (χ1n) is 7.91. The number of nitrogens with one attached hydrogen (secondary N) is 1. The van der Waals surface area contributed by atoms with Crippen molar-refractivity contribution >= 4 is 21.6 Å². The van der Waals surface area contributed by atoms with Gasteiger partial charge in [0.1, 0.15) is 5.76 Å². The Morgan fingerprint density at radius 2 is 2.00 bits per heavy atom. The van der Waals surface area contributed by atoms with E-state index in [-0.39, 0.29) is 16.8 Å². The zero-order valence-corrected chi connectivity index (χ0v) is 14.3. The number of hydrogen-bond donors (Lipinski definition) is 1. The molecule has 1 aliphatic heterocycles. The first-order valence-corrected chi connectivity index (χ1v) is 9.39. The number of amides is 1. The standard InChI is InChI=1S/C17H20N2O4S/c1-13(12-15-4-3-11-23-15)18-24(21,22)16-8-6-14(7-9-16)19-10-2-5-17(19)20/h3-4,6-9,11,13,18H,2,5,10,12H2,1H3/t13-/m0/s1. The quantitative estimate of drug-likeness (QED) is 0.869. The highest BCUT2D eigenvalue weighted by Gasteiger charge is 2.23. The summed E-state index contributed by atoms with van der Waals surface area (Å²) in [4.78, 5) is 13.6. The number of hydrogen-bond acceptors (Lipinski definition) is 4. The van der Waals surface area contributed by atoms with Gasteiger partial charge in [-0.25, -0.2) is 13.1 Å². The summed E-state index contributed by atoms with van der Waals surface area (Å²) in [5, 5.41) is 0. The summed E-state index contributed by atoms with van der Waals surface area (Å²) in [5.41, 5.74) is 0.736. The molecule has 1 fully saturated rings. The van der Waals surface area contributed by atoms with E-state index in [0.717, 1.165) is 17.9 Å². The lowest BCUT2D eigenvalue weighted by atomic mass is 10.2. The molecule has 1 amide bonds. The monoisotopic (exact) mass is 348 g/mol. The highest BCUT2D eigenvalue weighted by atomic mass is 32.2. The molecule has 0 bridgehead atoms. The fourth-order valence-electron chi connectivity index (χ4n) is 2.83. The third-order valence-corrected chi connectivity index (χ3v) is 5.58. The molecule has 128 valence electrons. The van der Waals surface area contributed by atoms with Gasteiger partial charge >= 0.3 is 0 Å². The van der Waals surface area contributed by atoms with E-state index in [2.05, 4.69) is 4.72 Å². The lowest BCUT2D eigenvalue weighted by molar-refractivity contribution is -0.117. The average molecular weight is 348 g/mol. The lowest BCUT2D eigenvalue weighted by Gasteiger charge is -2.17. The van der Waals surface area contributed by atoms with Gasteiger partial charge in [0.2, 0.25) is 15.9 Å². The van der Waals surface area contributed by atoms with Gasteiger partial charge in [0.15, 0.2) is 0 Å². The fourth-order valence-corrected chi connectivity index (χ4v) is 4.07. The summed E-state index contributed by atoms with van der Waals surface area (Å²) in [6, 6.07) is 9.71. The average Bonchev–Trinajstić information content (AvgIpc) is 3.18. The highest BCUT2D eigenvalue weighted by Crippen LogP contribution is 2.23. The number of anilines is 1. The van der Waals surface area contributed by atoms with Crippen molar-refractivity contribution in [3.05, 3.63) is 48.4 Å². The maximum absolute atomic E-state index is 12.4. The Hall–Kier alpha value is -2.12. The molecule has 0 saturated carbocycles. The maximum atomic E-state index is 12.4. The molecule has 1 aromatic heterocycles. The molecule has 0 aliphatic carbocycles. The zero-order chi connectivity index (χ0) is 17.2. The Labute approximate surface area is 141 Å². The predicted octanol–water partition coefficient (Wildman–Crippen LogP) is 2.32. The fraction of sp³-hybridized carbons (Fsp3) is 0.353. The number of furan rings is 1. The van der Waals surface area contributed by atoms with Gasteiger partial charge in [0.05, 0.1) is 11.2 Å². The van der Waals surface area contributed by atoms with Crippen LogP contribution in [0.2, 0.25) is 0 Å². The van der Waals surface area contributed by atoms with Crippen molar-refractivity contribution in [1.29, 1.82) is 0 Å². The minimum atomic E-state index is -3.61. The summed E-state index contributed by atoms with van der Waals surface area (Å²) in [7, 11) is -3.61. The van der Waals surface area contributed by atoms with Crippen molar-refractivity contribution in [2.45, 2.75) is 37.1 Å². The van der Waals surface area contributed by atoms with E-state index in [1.165, 1.54) is 12.1 Å². The second kappa shape index (κ2) is 6.78. The summed E-state index contributed by atoms with van der Waals surface area (Å²) in [6.07, 6.45) is 3.43. The summed E-state index contributed by atoms with van der Waals surface area (Å²) < 4.78 is 32.8. The minimum Gasteiger partial charge on any atom is -0.469 e. The summed E-state index contributed by atoms with van der Waals surface area (Å²) in [6.45, 7) is 2.47. The molecular formula is C17H20N2O4S. The van der Waals surface area contributed by atoms with E-state index >= 15 is 0 Å². The van der Waals surface area contributed by atoms with Crippen LogP contribution in [0.15, 0.2) is 52.0 Å². The van der Waals surface area contributed by atoms with Gasteiger partial charge in [-0.3, -0.25) is 4.79 Å². The molecule has 0 radical (unpaired) electrons. The van der Waals surface area contributed by atoms with Crippen LogP contribution in [0.5, 0.6) is 0 Å². The number of rotatable bonds is 6. The number of benzene rings is 1. The second-order valence-corrected chi connectivity index (χ2v) is 7.66. The first kappa shape index (κ1) is 16.7. The van der Waals surface area contributed by atoms with E-state index in [9.17, 15) is 13.2 Å². The number of carbonyl (C=O) groups excluding carboxylic acids is 1. The van der Waals surface area contributed by atoms with Gasteiger partial charge in [0, 0.05) is 31.1 Å². The van der Waals surface area contributed by atoms with Crippen LogP contribution >= 0.6 is 0 Å². The maximum Gasteiger partial charge on any atom is 0.240 e. The number of carbonyl (C=O) groups is 1.